The lowest BCUT2D eigenvalue weighted by molar-refractivity contribution is -0.258. The zero-order valence-corrected chi connectivity index (χ0v) is 47.0. The second-order valence-electron chi connectivity index (χ2n) is 20.6. The van der Waals surface area contributed by atoms with Gasteiger partial charge in [0.2, 0.25) is 0 Å². The number of rotatable bonds is 7. The summed E-state index contributed by atoms with van der Waals surface area (Å²) in [4.78, 5) is 8.62. The topological polar surface area (TPSA) is 0 Å². The van der Waals surface area contributed by atoms with Crippen LogP contribution in [0, 0.1) is 0 Å². The van der Waals surface area contributed by atoms with Crippen molar-refractivity contribution in [3.05, 3.63) is 199 Å². The fourth-order valence-corrected chi connectivity index (χ4v) is 22.7. The van der Waals surface area contributed by atoms with Crippen molar-refractivity contribution in [2.24, 2.45) is 0 Å². The molecule has 78 heavy (non-hydrogen) atoms. The van der Waals surface area contributed by atoms with Crippen LogP contribution in [0.2, 0.25) is 0 Å². The van der Waals surface area contributed by atoms with Crippen molar-refractivity contribution in [1.29, 1.82) is 0 Å². The SMILES string of the molecule is C[C@]12SC(c3ccccc3)=CC1=C1C(=C3C=C(c4ccc(-c5ccc(-c6ccc(-c7ccc(C8=CC9=C%10C(=C%11C=C(c%12ccccc%12)S[C@]%11(C)[C@@]9(C)S8)C(F)(F)C(F)(F)C%10(F)F)s7)s6)s5)s4)S[C@@]32C)C(F)(F)C(F)(F)C1(F)F. The van der Waals surface area contributed by atoms with E-state index in [1.165, 1.54) is 117 Å². The Hall–Kier alpha value is -4.28. The fourth-order valence-electron chi connectivity index (χ4n) is 12.0. The van der Waals surface area contributed by atoms with Crippen LogP contribution in [0.3, 0.4) is 0 Å². The highest BCUT2D eigenvalue weighted by Gasteiger charge is 2.86. The third kappa shape index (κ3) is 6.35. The maximum atomic E-state index is 16.0. The van der Waals surface area contributed by atoms with Crippen LogP contribution in [0.1, 0.15) is 48.6 Å². The summed E-state index contributed by atoms with van der Waals surface area (Å²) in [6, 6.07) is 32.8. The van der Waals surface area contributed by atoms with Crippen LogP contribution in [-0.4, -0.2) is 54.5 Å². The second kappa shape index (κ2) is 16.2. The second-order valence-corrected chi connectivity index (χ2v) is 30.7. The Bertz CT molecular complexity index is 3690. The number of alkyl halides is 12. The lowest BCUT2D eigenvalue weighted by Crippen LogP contribution is -2.48. The molecule has 2 fully saturated rings. The Morgan fingerprint density at radius 2 is 0.487 bits per heavy atom. The Kier molecular flexibility index (Phi) is 10.8. The van der Waals surface area contributed by atoms with Crippen LogP contribution < -0.4 is 0 Å². The van der Waals surface area contributed by atoms with Crippen LogP contribution >= 0.6 is 92.4 Å². The number of thioether (sulfide) groups is 4. The number of allylic oxidation sites excluding steroid dienone is 8. The number of hydrogen-bond donors (Lipinski definition) is 0. The third-order valence-corrected chi connectivity index (χ3v) is 28.3. The van der Waals surface area contributed by atoms with Gasteiger partial charge in [-0.2, -0.15) is 52.7 Å². The van der Waals surface area contributed by atoms with Crippen molar-refractivity contribution in [2.45, 2.75) is 82.2 Å². The van der Waals surface area contributed by atoms with E-state index in [4.69, 9.17) is 0 Å². The number of hydrogen-bond acceptors (Lipinski definition) is 8. The summed E-state index contributed by atoms with van der Waals surface area (Å²) in [7, 11) is 0. The van der Waals surface area contributed by atoms with E-state index < -0.39 is 76.8 Å². The van der Waals surface area contributed by atoms with E-state index in [0.717, 1.165) is 29.3 Å². The molecule has 20 heteroatoms. The first-order chi connectivity index (χ1) is 36.6. The molecule has 0 nitrogen and oxygen atoms in total. The third-order valence-electron chi connectivity index (χ3n) is 16.4. The van der Waals surface area contributed by atoms with Crippen molar-refractivity contribution in [3.63, 3.8) is 0 Å². The van der Waals surface area contributed by atoms with Gasteiger partial charge in [-0.15, -0.1) is 92.4 Å². The summed E-state index contributed by atoms with van der Waals surface area (Å²) < 4.78 is 184. The molecule has 0 bridgehead atoms. The van der Waals surface area contributed by atoms with Crippen molar-refractivity contribution in [2.75, 3.05) is 0 Å². The minimum atomic E-state index is -5.66. The van der Waals surface area contributed by atoms with Crippen molar-refractivity contribution >= 4 is 112 Å². The summed E-state index contributed by atoms with van der Waals surface area (Å²) in [6.45, 7) is 6.69. The molecule has 4 atom stereocenters. The fraction of sp³-hybridized carbons (Fsp3) is 0.241. The Morgan fingerprint density at radius 3 is 0.756 bits per heavy atom. The monoisotopic (exact) mass is 1210 g/mol. The molecule has 398 valence electrons. The Labute approximate surface area is 471 Å². The van der Waals surface area contributed by atoms with Crippen molar-refractivity contribution < 1.29 is 52.7 Å². The predicted octanol–water partition coefficient (Wildman–Crippen LogP) is 20.8. The highest BCUT2D eigenvalue weighted by Crippen LogP contribution is 2.78. The molecule has 0 N–H and O–H groups in total. The van der Waals surface area contributed by atoms with Crippen LogP contribution in [0.5, 0.6) is 0 Å². The summed E-state index contributed by atoms with van der Waals surface area (Å²) in [5.74, 6) is -31.9. The normalized spacial score (nSPS) is 30.0. The van der Waals surface area contributed by atoms with Crippen LogP contribution in [-0.2, 0) is 0 Å². The number of halogens is 12. The molecule has 14 rings (SSSR count). The van der Waals surface area contributed by atoms with E-state index >= 15 is 52.7 Å². The van der Waals surface area contributed by atoms with Gasteiger partial charge >= 0.3 is 35.5 Å². The van der Waals surface area contributed by atoms with E-state index in [2.05, 4.69) is 0 Å². The van der Waals surface area contributed by atoms with Crippen molar-refractivity contribution in [3.8, 4) is 29.3 Å². The average molecular weight is 1220 g/mol. The smallest absolute Gasteiger partial charge is 0.194 e. The molecule has 2 saturated carbocycles. The largest absolute Gasteiger partial charge is 0.380 e. The number of thiophene rings is 4. The van der Waals surface area contributed by atoms with Gasteiger partial charge in [-0.1, -0.05) is 60.7 Å². The molecule has 4 aliphatic carbocycles. The minimum absolute atomic E-state index is 0.226. The maximum Gasteiger partial charge on any atom is 0.380 e. The first-order valence-electron chi connectivity index (χ1n) is 24.1. The molecule has 0 amide bonds. The van der Waals surface area contributed by atoms with E-state index in [1.807, 2.05) is 48.5 Å². The van der Waals surface area contributed by atoms with Gasteiger partial charge in [0.15, 0.2) is 0 Å². The highest BCUT2D eigenvalue weighted by molar-refractivity contribution is 8.14. The van der Waals surface area contributed by atoms with Gasteiger partial charge in [0.05, 0.1) is 19.0 Å². The summed E-state index contributed by atoms with van der Waals surface area (Å²) in [6.07, 6.45) is 5.55. The number of benzene rings is 2. The predicted molar refractivity (Wildman–Crippen MR) is 301 cm³/mol. The lowest BCUT2D eigenvalue weighted by Gasteiger charge is -2.47. The molecular weight excluding hydrogens is 1180 g/mol. The zero-order valence-electron chi connectivity index (χ0n) is 40.5. The highest BCUT2D eigenvalue weighted by atomic mass is 32.2. The quantitative estimate of drug-likeness (QED) is 0.146. The van der Waals surface area contributed by atoms with E-state index in [9.17, 15) is 0 Å². The summed E-state index contributed by atoms with van der Waals surface area (Å²) >= 11 is 10.6. The molecule has 4 aromatic heterocycles. The first-order valence-corrected chi connectivity index (χ1v) is 30.6. The Morgan fingerprint density at radius 1 is 0.269 bits per heavy atom. The molecular formula is C58H34F12S8. The van der Waals surface area contributed by atoms with Gasteiger partial charge in [-0.05, 0) is 134 Å². The van der Waals surface area contributed by atoms with Gasteiger partial charge in [0.25, 0.3) is 0 Å². The van der Waals surface area contributed by atoms with Gasteiger partial charge < -0.3 is 0 Å². The summed E-state index contributed by atoms with van der Waals surface area (Å²) in [5.41, 5.74) is -4.84. The molecule has 0 radical (unpaired) electrons. The minimum Gasteiger partial charge on any atom is -0.194 e. The molecule has 0 unspecified atom stereocenters. The molecule has 0 spiro atoms. The van der Waals surface area contributed by atoms with E-state index in [1.54, 1.807) is 88.4 Å². The van der Waals surface area contributed by atoms with Crippen molar-refractivity contribution in [1.82, 2.24) is 0 Å². The first kappa shape index (κ1) is 51.8. The van der Waals surface area contributed by atoms with Crippen LogP contribution in [0.15, 0.2) is 178 Å². The van der Waals surface area contributed by atoms with E-state index in [-0.39, 0.29) is 22.3 Å². The zero-order chi connectivity index (χ0) is 54.9. The molecule has 8 heterocycles. The average Bonchev–Trinajstić information content (AvgIpc) is 2.85. The molecule has 6 aromatic rings. The number of fused-ring (bicyclic) bond motifs is 8. The van der Waals surface area contributed by atoms with Gasteiger partial charge in [-0.25, -0.2) is 0 Å². The van der Waals surface area contributed by atoms with E-state index in [0.29, 0.717) is 40.5 Å². The molecule has 0 saturated heterocycles. The van der Waals surface area contributed by atoms with Gasteiger partial charge in [-0.3, -0.25) is 0 Å². The van der Waals surface area contributed by atoms with Crippen LogP contribution in [0.25, 0.3) is 48.9 Å². The standard InChI is InChI=1S/C58H34F12S8/c1-49-29(23-41(75-49)27-11-7-5-8-12-27)45-47(55(63,64)57(67,68)53(45,59)60)31-25-43(77-51(31,49)3)39-21-19-37(73-39)35-17-15-33(71-35)34-16-18-36(72-34)38-20-22-40(74-38)44-26-32-48-46(54(61,62)58(69,70)56(48,65)66)30-24-42(28-13-9-6-10-14-28)76-50(30,2)52(32,4)78-44/h5-26H,1-4H3/t49-,50-,51-,52-/m0/s1. The summed E-state index contributed by atoms with van der Waals surface area (Å²) in [5, 5.41) is 0. The lowest BCUT2D eigenvalue weighted by atomic mass is 9.71. The Balaban J connectivity index is 0.750. The van der Waals surface area contributed by atoms with Gasteiger partial charge in [0.1, 0.15) is 0 Å². The molecule has 8 aliphatic rings. The van der Waals surface area contributed by atoms with Crippen LogP contribution in [0.4, 0.5) is 52.7 Å². The maximum absolute atomic E-state index is 16.0. The molecule has 4 aliphatic heterocycles. The van der Waals surface area contributed by atoms with Gasteiger partial charge in [0, 0.05) is 80.9 Å². The molecule has 2 aromatic carbocycles.